The summed E-state index contributed by atoms with van der Waals surface area (Å²) in [6.07, 6.45) is 2.03. The van der Waals surface area contributed by atoms with Crippen LogP contribution in [0.25, 0.3) is 0 Å². The number of hydrogen-bond acceptors (Lipinski definition) is 8. The van der Waals surface area contributed by atoms with Gasteiger partial charge in [0.25, 0.3) is 0 Å². The summed E-state index contributed by atoms with van der Waals surface area (Å²) in [5, 5.41) is 19.3. The molecule has 0 radical (unpaired) electrons. The molecule has 0 spiro atoms. The maximum atomic E-state index is 11.8. The van der Waals surface area contributed by atoms with Gasteiger partial charge in [0.15, 0.2) is 0 Å². The fourth-order valence-corrected chi connectivity index (χ4v) is 3.35. The highest BCUT2D eigenvalue weighted by molar-refractivity contribution is 7.99. The summed E-state index contributed by atoms with van der Waals surface area (Å²) < 4.78 is 5.54. The Bertz CT molecular complexity index is 622. The number of rotatable bonds is 5. The molecule has 2 N–H and O–H groups in total. The Labute approximate surface area is 129 Å². The summed E-state index contributed by atoms with van der Waals surface area (Å²) in [7, 11) is 0. The summed E-state index contributed by atoms with van der Waals surface area (Å²) in [6, 6.07) is 0. The molecule has 1 unspecified atom stereocenters. The number of hydrogen-bond donors (Lipinski definition) is 2. The molecule has 0 saturated carbocycles. The lowest BCUT2D eigenvalue weighted by molar-refractivity contribution is -0.113. The lowest BCUT2D eigenvalue weighted by Crippen LogP contribution is -2.13. The average Bonchev–Trinajstić information content (AvgIpc) is 3.16. The monoisotopic (exact) mass is 326 g/mol. The lowest BCUT2D eigenvalue weighted by Gasteiger charge is -2.02. The molecule has 21 heavy (non-hydrogen) atoms. The summed E-state index contributed by atoms with van der Waals surface area (Å²) in [4.78, 5) is 16.0. The van der Waals surface area contributed by atoms with Crippen LogP contribution in [0.1, 0.15) is 29.8 Å². The van der Waals surface area contributed by atoms with Gasteiger partial charge in [-0.05, 0) is 19.8 Å². The van der Waals surface area contributed by atoms with Crippen LogP contribution < -0.4 is 5.32 Å². The minimum atomic E-state index is -0.155. The second-order valence-corrected chi connectivity index (χ2v) is 6.44. The number of amides is 1. The van der Waals surface area contributed by atoms with Crippen LogP contribution in [0.2, 0.25) is 0 Å². The van der Waals surface area contributed by atoms with Crippen LogP contribution in [-0.4, -0.2) is 43.6 Å². The van der Waals surface area contributed by atoms with Crippen LogP contribution >= 0.6 is 23.1 Å². The smallest absolute Gasteiger partial charge is 0.236 e. The number of thioether (sulfide) groups is 1. The Morgan fingerprint density at radius 2 is 2.48 bits per heavy atom. The highest BCUT2D eigenvalue weighted by atomic mass is 32.2. The number of aryl methyl sites for hydroxylation is 1. The molecule has 1 aliphatic rings. The number of carbonyl (C=O) groups is 1. The Morgan fingerprint density at radius 3 is 3.19 bits per heavy atom. The third kappa shape index (κ3) is 3.77. The average molecular weight is 326 g/mol. The maximum Gasteiger partial charge on any atom is 0.236 e. The van der Waals surface area contributed by atoms with E-state index in [9.17, 15) is 4.79 Å². The number of nitrogens with one attached hydrogen (secondary N) is 2. The molecule has 1 atom stereocenters. The number of H-pyrrole nitrogens is 1. The SMILES string of the molecule is Cc1nc(SCC(=O)Nc2nnc(C3CCCO3)s2)n[nH]1. The Balaban J connectivity index is 1.50. The van der Waals surface area contributed by atoms with Crippen molar-refractivity contribution in [2.24, 2.45) is 0 Å². The zero-order valence-corrected chi connectivity index (χ0v) is 13.0. The van der Waals surface area contributed by atoms with Gasteiger partial charge < -0.3 is 4.74 Å². The Kier molecular flexibility index (Phi) is 4.46. The molecule has 8 nitrogen and oxygen atoms in total. The van der Waals surface area contributed by atoms with E-state index in [1.165, 1.54) is 23.1 Å². The zero-order valence-electron chi connectivity index (χ0n) is 11.3. The lowest BCUT2D eigenvalue weighted by atomic mass is 10.2. The second kappa shape index (κ2) is 6.50. The number of ether oxygens (including phenoxy) is 1. The van der Waals surface area contributed by atoms with Crippen molar-refractivity contribution in [1.29, 1.82) is 0 Å². The van der Waals surface area contributed by atoms with Gasteiger partial charge in [0.2, 0.25) is 16.2 Å². The molecule has 0 aromatic carbocycles. The van der Waals surface area contributed by atoms with E-state index in [1.807, 2.05) is 6.92 Å². The van der Waals surface area contributed by atoms with E-state index in [2.05, 4.69) is 30.7 Å². The Morgan fingerprint density at radius 1 is 1.57 bits per heavy atom. The van der Waals surface area contributed by atoms with E-state index in [1.54, 1.807) is 0 Å². The van der Waals surface area contributed by atoms with E-state index in [0.717, 1.165) is 30.3 Å². The standard InChI is InChI=1S/C11H14N6O2S2/c1-6-12-10(16-14-6)20-5-8(18)13-11-17-15-9(21-11)7-3-2-4-19-7/h7H,2-5H2,1H3,(H,12,14,16)(H,13,17,18). The molecular weight excluding hydrogens is 312 g/mol. The number of nitrogens with zero attached hydrogens (tertiary/aromatic N) is 4. The van der Waals surface area contributed by atoms with Crippen LogP contribution in [0, 0.1) is 6.92 Å². The number of aromatic nitrogens is 5. The molecule has 3 rings (SSSR count). The van der Waals surface area contributed by atoms with Gasteiger partial charge in [-0.25, -0.2) is 4.98 Å². The van der Waals surface area contributed by atoms with E-state index in [0.29, 0.717) is 10.3 Å². The molecule has 2 aromatic heterocycles. The van der Waals surface area contributed by atoms with Gasteiger partial charge in [0.05, 0.1) is 5.75 Å². The first-order valence-electron chi connectivity index (χ1n) is 6.47. The van der Waals surface area contributed by atoms with Crippen molar-refractivity contribution < 1.29 is 9.53 Å². The molecule has 2 aromatic rings. The summed E-state index contributed by atoms with van der Waals surface area (Å²) >= 11 is 2.63. The number of anilines is 1. The van der Waals surface area contributed by atoms with Crippen molar-refractivity contribution in [3.8, 4) is 0 Å². The van der Waals surface area contributed by atoms with Gasteiger partial charge >= 0.3 is 0 Å². The predicted molar refractivity (Wildman–Crippen MR) is 78.3 cm³/mol. The number of aromatic amines is 1. The van der Waals surface area contributed by atoms with Crippen molar-refractivity contribution in [1.82, 2.24) is 25.4 Å². The van der Waals surface area contributed by atoms with Gasteiger partial charge in [-0.3, -0.25) is 15.2 Å². The van der Waals surface area contributed by atoms with E-state index in [-0.39, 0.29) is 17.8 Å². The predicted octanol–water partition coefficient (Wildman–Crippen LogP) is 1.55. The molecule has 0 bridgehead atoms. The topological polar surface area (TPSA) is 106 Å². The number of carbonyl (C=O) groups excluding carboxylic acids is 1. The molecule has 10 heteroatoms. The van der Waals surface area contributed by atoms with Gasteiger partial charge in [0, 0.05) is 6.61 Å². The molecule has 3 heterocycles. The first-order chi connectivity index (χ1) is 10.2. The van der Waals surface area contributed by atoms with Gasteiger partial charge in [-0.2, -0.15) is 0 Å². The molecule has 0 aliphatic carbocycles. The third-order valence-corrected chi connectivity index (χ3v) is 4.58. The molecule has 1 aliphatic heterocycles. The fraction of sp³-hybridized carbons (Fsp3) is 0.545. The van der Waals surface area contributed by atoms with Crippen molar-refractivity contribution in [2.75, 3.05) is 17.7 Å². The molecule has 1 saturated heterocycles. The van der Waals surface area contributed by atoms with E-state index >= 15 is 0 Å². The highest BCUT2D eigenvalue weighted by Crippen LogP contribution is 2.31. The summed E-state index contributed by atoms with van der Waals surface area (Å²) in [6.45, 7) is 2.57. The van der Waals surface area contributed by atoms with Crippen molar-refractivity contribution in [3.63, 3.8) is 0 Å². The molecule has 1 amide bonds. The van der Waals surface area contributed by atoms with Crippen molar-refractivity contribution in [3.05, 3.63) is 10.8 Å². The summed E-state index contributed by atoms with van der Waals surface area (Å²) in [5.74, 6) is 0.798. The van der Waals surface area contributed by atoms with Crippen molar-refractivity contribution >= 4 is 34.1 Å². The minimum absolute atomic E-state index is 0.0266. The van der Waals surface area contributed by atoms with Crippen LogP contribution in [0.5, 0.6) is 0 Å². The van der Waals surface area contributed by atoms with Crippen LogP contribution in [0.4, 0.5) is 5.13 Å². The van der Waals surface area contributed by atoms with Gasteiger partial charge in [-0.15, -0.1) is 15.3 Å². The van der Waals surface area contributed by atoms with Crippen LogP contribution in [0.3, 0.4) is 0 Å². The van der Waals surface area contributed by atoms with Crippen LogP contribution in [0.15, 0.2) is 5.16 Å². The zero-order chi connectivity index (χ0) is 14.7. The second-order valence-electron chi connectivity index (χ2n) is 4.49. The van der Waals surface area contributed by atoms with Gasteiger partial charge in [-0.1, -0.05) is 23.1 Å². The molecule has 112 valence electrons. The fourth-order valence-electron chi connectivity index (χ4n) is 1.86. The Hall–Kier alpha value is -1.52. The minimum Gasteiger partial charge on any atom is -0.371 e. The highest BCUT2D eigenvalue weighted by Gasteiger charge is 2.22. The van der Waals surface area contributed by atoms with E-state index in [4.69, 9.17) is 4.74 Å². The normalized spacial score (nSPS) is 18.0. The third-order valence-electron chi connectivity index (χ3n) is 2.80. The quantitative estimate of drug-likeness (QED) is 0.803. The largest absolute Gasteiger partial charge is 0.371 e. The van der Waals surface area contributed by atoms with Gasteiger partial charge in [0.1, 0.15) is 16.9 Å². The molecule has 1 fully saturated rings. The van der Waals surface area contributed by atoms with Crippen LogP contribution in [-0.2, 0) is 9.53 Å². The van der Waals surface area contributed by atoms with Crippen molar-refractivity contribution in [2.45, 2.75) is 31.0 Å². The molecular formula is C11H14N6O2S2. The first kappa shape index (κ1) is 14.4. The first-order valence-corrected chi connectivity index (χ1v) is 8.27. The maximum absolute atomic E-state index is 11.8. The summed E-state index contributed by atoms with van der Waals surface area (Å²) in [5.41, 5.74) is 0. The van der Waals surface area contributed by atoms with E-state index < -0.39 is 0 Å².